The first-order chi connectivity index (χ1) is 11.3. The van der Waals surface area contributed by atoms with Crippen LogP contribution in [0.2, 0.25) is 0 Å². The Morgan fingerprint density at radius 3 is 1.87 bits per heavy atom. The van der Waals surface area contributed by atoms with Crippen LogP contribution in [0.3, 0.4) is 0 Å². The van der Waals surface area contributed by atoms with Gasteiger partial charge in [0.05, 0.1) is 11.9 Å². The lowest BCUT2D eigenvalue weighted by atomic mass is 10.2. The van der Waals surface area contributed by atoms with Gasteiger partial charge in [0.25, 0.3) is 0 Å². The molecule has 0 fully saturated rings. The molecule has 0 bridgehead atoms. The van der Waals surface area contributed by atoms with Crippen molar-refractivity contribution in [3.63, 3.8) is 0 Å². The average Bonchev–Trinajstić information content (AvgIpc) is 2.63. The van der Waals surface area contributed by atoms with Gasteiger partial charge in [0.1, 0.15) is 0 Å². The van der Waals surface area contributed by atoms with Gasteiger partial charge in [-0.05, 0) is 29.8 Å². The summed E-state index contributed by atoms with van der Waals surface area (Å²) in [6.45, 7) is 0.285. The third-order valence-electron chi connectivity index (χ3n) is 3.40. The van der Waals surface area contributed by atoms with Crippen molar-refractivity contribution in [2.45, 2.75) is 6.61 Å². The van der Waals surface area contributed by atoms with Crippen LogP contribution < -0.4 is 10.4 Å². The summed E-state index contributed by atoms with van der Waals surface area (Å²) in [6, 6.07) is 28.5. The van der Waals surface area contributed by atoms with Gasteiger partial charge in [-0.3, -0.25) is 4.57 Å². The molecule has 3 rings (SSSR count). The van der Waals surface area contributed by atoms with Gasteiger partial charge in [0.2, 0.25) is 0 Å². The highest BCUT2D eigenvalue weighted by atomic mass is 31.2. The molecule has 4 heteroatoms. The zero-order chi connectivity index (χ0) is 16.0. The molecule has 0 aliphatic heterocycles. The molecule has 0 amide bonds. The molecule has 0 spiro atoms. The van der Waals surface area contributed by atoms with E-state index in [0.717, 1.165) is 11.3 Å². The normalized spacial score (nSPS) is 13.2. The number of anilines is 1. The molecule has 0 aliphatic rings. The van der Waals surface area contributed by atoms with Crippen LogP contribution in [0.5, 0.6) is 0 Å². The summed E-state index contributed by atoms with van der Waals surface area (Å²) in [7, 11) is -3.21. The summed E-state index contributed by atoms with van der Waals surface area (Å²) >= 11 is 0. The van der Waals surface area contributed by atoms with E-state index in [1.807, 2.05) is 91.0 Å². The molecule has 0 aromatic heterocycles. The molecule has 1 atom stereocenters. The summed E-state index contributed by atoms with van der Waals surface area (Å²) in [5, 5.41) is 3.73. The van der Waals surface area contributed by atoms with Gasteiger partial charge in [-0.2, -0.15) is 0 Å². The number of hydrogen-bond donors (Lipinski definition) is 1. The van der Waals surface area contributed by atoms with Gasteiger partial charge < -0.3 is 9.61 Å². The fourth-order valence-corrected chi connectivity index (χ4v) is 3.95. The van der Waals surface area contributed by atoms with Crippen LogP contribution in [0.25, 0.3) is 0 Å². The molecular formula is C19H18NO2P. The van der Waals surface area contributed by atoms with Crippen molar-refractivity contribution in [3.05, 3.63) is 96.6 Å². The molecule has 3 aromatic rings. The molecule has 3 nitrogen and oxygen atoms in total. The highest BCUT2D eigenvalue weighted by Gasteiger charge is 2.26. The lowest BCUT2D eigenvalue weighted by Crippen LogP contribution is -2.14. The Morgan fingerprint density at radius 1 is 0.739 bits per heavy atom. The Labute approximate surface area is 136 Å². The summed E-state index contributed by atoms with van der Waals surface area (Å²) in [6.07, 6.45) is 0. The number of benzene rings is 3. The monoisotopic (exact) mass is 323 g/mol. The van der Waals surface area contributed by atoms with E-state index in [9.17, 15) is 4.57 Å². The van der Waals surface area contributed by atoms with Crippen molar-refractivity contribution in [2.75, 3.05) is 5.09 Å². The van der Waals surface area contributed by atoms with Crippen LogP contribution in [0.1, 0.15) is 5.56 Å². The Morgan fingerprint density at radius 2 is 1.26 bits per heavy atom. The third kappa shape index (κ3) is 4.10. The number of para-hydroxylation sites is 1. The quantitative estimate of drug-likeness (QED) is 0.660. The molecule has 0 aliphatic carbocycles. The average molecular weight is 323 g/mol. The maximum absolute atomic E-state index is 13.4. The van der Waals surface area contributed by atoms with E-state index in [0.29, 0.717) is 5.30 Å². The maximum Gasteiger partial charge on any atom is 0.324 e. The molecule has 1 unspecified atom stereocenters. The highest BCUT2D eigenvalue weighted by Crippen LogP contribution is 2.46. The van der Waals surface area contributed by atoms with Gasteiger partial charge in [-0.15, -0.1) is 0 Å². The Bertz CT molecular complexity index is 776. The Hall–Kier alpha value is -2.35. The van der Waals surface area contributed by atoms with E-state index < -0.39 is 7.52 Å². The lowest BCUT2D eigenvalue weighted by Gasteiger charge is -2.21. The van der Waals surface area contributed by atoms with Gasteiger partial charge in [0.15, 0.2) is 0 Å². The largest absolute Gasteiger partial charge is 0.324 e. The van der Waals surface area contributed by atoms with Crippen LogP contribution in [0.15, 0.2) is 91.0 Å². The van der Waals surface area contributed by atoms with Crippen molar-refractivity contribution in [1.82, 2.24) is 0 Å². The third-order valence-corrected chi connectivity index (χ3v) is 5.43. The van der Waals surface area contributed by atoms with Gasteiger partial charge in [-0.25, -0.2) is 0 Å². The fourth-order valence-electron chi connectivity index (χ4n) is 2.22. The van der Waals surface area contributed by atoms with Crippen molar-refractivity contribution in [2.24, 2.45) is 0 Å². The SMILES string of the molecule is O=P(Nc1ccccc1)(OCc1ccccc1)c1ccccc1. The van der Waals surface area contributed by atoms with E-state index in [-0.39, 0.29) is 6.61 Å². The number of hydrogen-bond acceptors (Lipinski definition) is 2. The number of nitrogens with one attached hydrogen (secondary N) is 1. The zero-order valence-electron chi connectivity index (χ0n) is 12.6. The minimum absolute atomic E-state index is 0.285. The van der Waals surface area contributed by atoms with E-state index in [1.54, 1.807) is 0 Å². The van der Waals surface area contributed by atoms with Crippen molar-refractivity contribution in [1.29, 1.82) is 0 Å². The maximum atomic E-state index is 13.4. The predicted molar refractivity (Wildman–Crippen MR) is 95.0 cm³/mol. The summed E-state index contributed by atoms with van der Waals surface area (Å²) in [5.41, 5.74) is 1.76. The van der Waals surface area contributed by atoms with Crippen molar-refractivity contribution < 1.29 is 9.09 Å². The second kappa shape index (κ2) is 7.28. The van der Waals surface area contributed by atoms with Gasteiger partial charge in [0, 0.05) is 5.69 Å². The molecule has 3 aromatic carbocycles. The minimum atomic E-state index is -3.21. The van der Waals surface area contributed by atoms with E-state index in [1.165, 1.54) is 0 Å². The topological polar surface area (TPSA) is 38.3 Å². The van der Waals surface area contributed by atoms with Crippen molar-refractivity contribution >= 4 is 18.5 Å². The fraction of sp³-hybridized carbons (Fsp3) is 0.0526. The Balaban J connectivity index is 1.86. The van der Waals surface area contributed by atoms with E-state index in [2.05, 4.69) is 5.09 Å². The smallest absolute Gasteiger partial charge is 0.312 e. The zero-order valence-corrected chi connectivity index (χ0v) is 13.5. The first-order valence-electron chi connectivity index (χ1n) is 7.44. The molecule has 0 saturated heterocycles. The van der Waals surface area contributed by atoms with Gasteiger partial charge in [-0.1, -0.05) is 66.7 Å². The molecular weight excluding hydrogens is 305 g/mol. The standard InChI is InChI=1S/C19H18NO2P/c21-23(19-14-8-3-9-15-19,20-18-12-6-2-7-13-18)22-16-17-10-4-1-5-11-17/h1-15H,16H2,(H,20,21). The Kier molecular flexibility index (Phi) is 4.92. The number of rotatable bonds is 6. The van der Waals surface area contributed by atoms with Crippen molar-refractivity contribution in [3.8, 4) is 0 Å². The molecule has 23 heavy (non-hydrogen) atoms. The van der Waals surface area contributed by atoms with Crippen LogP contribution in [0.4, 0.5) is 5.69 Å². The lowest BCUT2D eigenvalue weighted by molar-refractivity contribution is 0.313. The molecule has 0 radical (unpaired) electrons. The first kappa shape index (κ1) is 15.5. The van der Waals surface area contributed by atoms with Crippen LogP contribution in [0, 0.1) is 0 Å². The molecule has 0 saturated carbocycles. The molecule has 0 heterocycles. The second-order valence-corrected chi connectivity index (χ2v) is 7.23. The van der Waals surface area contributed by atoms with E-state index in [4.69, 9.17) is 4.52 Å². The van der Waals surface area contributed by atoms with Gasteiger partial charge >= 0.3 is 7.52 Å². The molecule has 1 N–H and O–H groups in total. The minimum Gasteiger partial charge on any atom is -0.312 e. The summed E-state index contributed by atoms with van der Waals surface area (Å²) < 4.78 is 19.3. The first-order valence-corrected chi connectivity index (χ1v) is 9.06. The summed E-state index contributed by atoms with van der Waals surface area (Å²) in [4.78, 5) is 0. The van der Waals surface area contributed by atoms with E-state index >= 15 is 0 Å². The highest BCUT2D eigenvalue weighted by molar-refractivity contribution is 7.68. The van der Waals surface area contributed by atoms with Crippen LogP contribution >= 0.6 is 7.52 Å². The van der Waals surface area contributed by atoms with Crippen LogP contribution in [-0.2, 0) is 15.7 Å². The molecule has 116 valence electrons. The van der Waals surface area contributed by atoms with Crippen LogP contribution in [-0.4, -0.2) is 0 Å². The predicted octanol–water partition coefficient (Wildman–Crippen LogP) is 4.83. The summed E-state index contributed by atoms with van der Waals surface area (Å²) in [5.74, 6) is 0. The second-order valence-electron chi connectivity index (χ2n) is 5.12.